The molecule has 10 heteroatoms. The van der Waals surface area contributed by atoms with Crippen molar-refractivity contribution >= 4 is 23.5 Å². The molecule has 2 heterocycles. The number of carbonyl (C=O) groups is 1. The van der Waals surface area contributed by atoms with Crippen molar-refractivity contribution in [3.63, 3.8) is 0 Å². The summed E-state index contributed by atoms with van der Waals surface area (Å²) in [7, 11) is 1.60. The maximum Gasteiger partial charge on any atom is 0.236 e. The molecule has 0 aliphatic heterocycles. The van der Waals surface area contributed by atoms with Gasteiger partial charge in [0.25, 0.3) is 0 Å². The second-order valence-electron chi connectivity index (χ2n) is 7.01. The maximum absolute atomic E-state index is 12.8. The molecule has 4 rings (SSSR count). The number of thioether (sulfide) groups is 1. The summed E-state index contributed by atoms with van der Waals surface area (Å²) in [5.74, 6) is 1.38. The van der Waals surface area contributed by atoms with Crippen molar-refractivity contribution in [1.29, 1.82) is 5.26 Å². The Morgan fingerprint density at radius 1 is 1.21 bits per heavy atom. The van der Waals surface area contributed by atoms with Crippen LogP contribution in [-0.2, 0) is 11.3 Å². The van der Waals surface area contributed by atoms with Crippen LogP contribution in [0.2, 0.25) is 0 Å². The third-order valence-electron chi connectivity index (χ3n) is 4.86. The largest absolute Gasteiger partial charge is 0.496 e. The zero-order chi connectivity index (χ0) is 23.9. The molecule has 0 unspecified atom stereocenters. The van der Waals surface area contributed by atoms with E-state index in [0.717, 1.165) is 11.3 Å². The number of amides is 1. The summed E-state index contributed by atoms with van der Waals surface area (Å²) < 4.78 is 8.86. The third kappa shape index (κ3) is 4.69. The molecule has 0 aliphatic carbocycles. The van der Waals surface area contributed by atoms with Gasteiger partial charge in [0.2, 0.25) is 5.91 Å². The van der Waals surface area contributed by atoms with Gasteiger partial charge in [0.05, 0.1) is 30.3 Å². The summed E-state index contributed by atoms with van der Waals surface area (Å²) in [5, 5.41) is 25.7. The van der Waals surface area contributed by atoms with Crippen LogP contribution < -0.4 is 10.1 Å². The van der Waals surface area contributed by atoms with Gasteiger partial charge in [-0.05, 0) is 24.3 Å². The number of carbonyl (C=O) groups excluding carboxylic acids is 1. The van der Waals surface area contributed by atoms with E-state index in [1.54, 1.807) is 13.2 Å². The van der Waals surface area contributed by atoms with Gasteiger partial charge in [0, 0.05) is 6.54 Å². The predicted octanol–water partition coefficient (Wildman–Crippen LogP) is 3.93. The molecular formula is C24H21N7O2S. The number of ether oxygens (including phenoxy) is 1. The number of hydrogen-bond acceptors (Lipinski definition) is 7. The van der Waals surface area contributed by atoms with E-state index in [2.05, 4.69) is 33.3 Å². The Bertz CT molecular complexity index is 1360. The molecule has 170 valence electrons. The number of allylic oxidation sites excluding steroid dienone is 1. The summed E-state index contributed by atoms with van der Waals surface area (Å²) >= 11 is 1.24. The first-order valence-corrected chi connectivity index (χ1v) is 11.3. The third-order valence-corrected chi connectivity index (χ3v) is 5.82. The maximum atomic E-state index is 12.8. The van der Waals surface area contributed by atoms with E-state index in [9.17, 15) is 10.1 Å². The van der Waals surface area contributed by atoms with Crippen LogP contribution in [0.15, 0.2) is 78.6 Å². The van der Waals surface area contributed by atoms with Gasteiger partial charge in [-0.3, -0.25) is 9.36 Å². The van der Waals surface area contributed by atoms with Crippen LogP contribution >= 0.6 is 11.8 Å². The van der Waals surface area contributed by atoms with Crippen molar-refractivity contribution in [2.75, 3.05) is 18.2 Å². The Morgan fingerprint density at radius 2 is 1.97 bits per heavy atom. The van der Waals surface area contributed by atoms with Gasteiger partial charge >= 0.3 is 0 Å². The quantitative estimate of drug-likeness (QED) is 0.291. The van der Waals surface area contributed by atoms with Gasteiger partial charge in [0.1, 0.15) is 17.4 Å². The monoisotopic (exact) mass is 471 g/mol. The smallest absolute Gasteiger partial charge is 0.236 e. The standard InChI is InChI=1S/C24H21N7O2S/c1-3-13-30-23(19-11-7-8-12-20(19)33-2)28-29-24(30)34-16-21(32)27-22-17(14-25)15-26-31(22)18-9-5-4-6-10-18/h3-12,15H,1,13,16H2,2H3,(H,27,32). The van der Waals surface area contributed by atoms with Crippen molar-refractivity contribution in [3.8, 4) is 28.9 Å². The molecule has 2 aromatic heterocycles. The molecule has 0 spiro atoms. The Kier molecular flexibility index (Phi) is 7.05. The SMILES string of the molecule is C=CCn1c(SCC(=O)Nc2c(C#N)cnn2-c2ccccc2)nnc1-c1ccccc1OC. The number of methoxy groups -OCH3 is 1. The molecule has 2 aromatic carbocycles. The fourth-order valence-electron chi connectivity index (χ4n) is 3.33. The van der Waals surface area contributed by atoms with Gasteiger partial charge in [-0.1, -0.05) is 48.2 Å². The van der Waals surface area contributed by atoms with Gasteiger partial charge < -0.3 is 10.1 Å². The number of nitriles is 1. The van der Waals surface area contributed by atoms with E-state index in [1.807, 2.05) is 59.2 Å². The van der Waals surface area contributed by atoms with Crippen LogP contribution in [0.3, 0.4) is 0 Å². The van der Waals surface area contributed by atoms with E-state index in [4.69, 9.17) is 4.74 Å². The fraction of sp³-hybridized carbons (Fsp3) is 0.125. The lowest BCUT2D eigenvalue weighted by atomic mass is 10.2. The van der Waals surface area contributed by atoms with E-state index in [1.165, 1.54) is 22.6 Å². The Morgan fingerprint density at radius 3 is 2.71 bits per heavy atom. The fourth-order valence-corrected chi connectivity index (χ4v) is 4.08. The van der Waals surface area contributed by atoms with E-state index in [-0.39, 0.29) is 17.2 Å². The highest BCUT2D eigenvalue weighted by molar-refractivity contribution is 7.99. The Balaban J connectivity index is 1.54. The first kappa shape index (κ1) is 22.8. The number of para-hydroxylation sites is 2. The summed E-state index contributed by atoms with van der Waals surface area (Å²) in [6.45, 7) is 4.28. The Hall–Kier alpha value is -4.36. The minimum atomic E-state index is -0.300. The molecule has 9 nitrogen and oxygen atoms in total. The van der Waals surface area contributed by atoms with Crippen LogP contribution in [0.1, 0.15) is 5.56 Å². The van der Waals surface area contributed by atoms with Gasteiger partial charge in [-0.2, -0.15) is 10.4 Å². The van der Waals surface area contributed by atoms with Crippen molar-refractivity contribution in [2.24, 2.45) is 0 Å². The molecule has 4 aromatic rings. The molecule has 0 aliphatic rings. The van der Waals surface area contributed by atoms with Crippen LogP contribution in [0.5, 0.6) is 5.75 Å². The molecular weight excluding hydrogens is 450 g/mol. The summed E-state index contributed by atoms with van der Waals surface area (Å²) in [5.41, 5.74) is 1.80. The van der Waals surface area contributed by atoms with Crippen LogP contribution in [0.4, 0.5) is 5.82 Å². The first-order chi connectivity index (χ1) is 16.7. The molecule has 0 fully saturated rings. The highest BCUT2D eigenvalue weighted by Crippen LogP contribution is 2.31. The molecule has 1 amide bonds. The first-order valence-electron chi connectivity index (χ1n) is 10.3. The predicted molar refractivity (Wildman–Crippen MR) is 130 cm³/mol. The normalized spacial score (nSPS) is 10.5. The van der Waals surface area contributed by atoms with Crippen molar-refractivity contribution in [1.82, 2.24) is 24.5 Å². The van der Waals surface area contributed by atoms with E-state index < -0.39 is 0 Å². The van der Waals surface area contributed by atoms with Crippen LogP contribution in [0.25, 0.3) is 17.1 Å². The highest BCUT2D eigenvalue weighted by Gasteiger charge is 2.19. The number of rotatable bonds is 9. The second-order valence-corrected chi connectivity index (χ2v) is 7.95. The number of benzene rings is 2. The summed E-state index contributed by atoms with van der Waals surface area (Å²) in [6, 6.07) is 18.9. The molecule has 0 bridgehead atoms. The second kappa shape index (κ2) is 10.5. The lowest BCUT2D eigenvalue weighted by Crippen LogP contribution is -2.18. The summed E-state index contributed by atoms with van der Waals surface area (Å²) in [4.78, 5) is 12.8. The number of hydrogen-bond donors (Lipinski definition) is 1. The average Bonchev–Trinajstić information content (AvgIpc) is 3.47. The number of aromatic nitrogens is 5. The zero-order valence-electron chi connectivity index (χ0n) is 18.4. The minimum absolute atomic E-state index is 0.0615. The molecule has 0 saturated carbocycles. The van der Waals surface area contributed by atoms with Crippen molar-refractivity contribution < 1.29 is 9.53 Å². The van der Waals surface area contributed by atoms with Gasteiger partial charge in [0.15, 0.2) is 16.8 Å². The lowest BCUT2D eigenvalue weighted by Gasteiger charge is -2.11. The van der Waals surface area contributed by atoms with Crippen LogP contribution in [0, 0.1) is 11.3 Å². The Labute approximate surface area is 200 Å². The number of anilines is 1. The molecule has 0 saturated heterocycles. The minimum Gasteiger partial charge on any atom is -0.496 e. The van der Waals surface area contributed by atoms with Crippen molar-refractivity contribution in [2.45, 2.75) is 11.7 Å². The summed E-state index contributed by atoms with van der Waals surface area (Å²) in [6.07, 6.45) is 3.17. The molecule has 34 heavy (non-hydrogen) atoms. The lowest BCUT2D eigenvalue weighted by molar-refractivity contribution is -0.113. The average molecular weight is 472 g/mol. The zero-order valence-corrected chi connectivity index (χ0v) is 19.2. The highest BCUT2D eigenvalue weighted by atomic mass is 32.2. The number of nitrogens with one attached hydrogen (secondary N) is 1. The van der Waals surface area contributed by atoms with Gasteiger partial charge in [-0.15, -0.1) is 16.8 Å². The molecule has 0 radical (unpaired) electrons. The number of nitrogens with zero attached hydrogens (tertiary/aromatic N) is 6. The van der Waals surface area contributed by atoms with E-state index >= 15 is 0 Å². The van der Waals surface area contributed by atoms with Crippen molar-refractivity contribution in [3.05, 3.63) is 79.0 Å². The topological polar surface area (TPSA) is 111 Å². The molecule has 0 atom stereocenters. The van der Waals surface area contributed by atoms with Crippen LogP contribution in [-0.4, -0.2) is 43.3 Å². The van der Waals surface area contributed by atoms with E-state index in [0.29, 0.717) is 29.1 Å². The molecule has 1 N–H and O–H groups in total. The van der Waals surface area contributed by atoms with Gasteiger partial charge in [-0.25, -0.2) is 4.68 Å².